The number of hydrogen-bond acceptors (Lipinski definition) is 3. The maximum Gasteiger partial charge on any atom is 0.181 e. The van der Waals surface area contributed by atoms with Crippen LogP contribution in [0.5, 0.6) is 0 Å². The van der Waals surface area contributed by atoms with Crippen molar-refractivity contribution in [2.24, 2.45) is 7.05 Å². The Morgan fingerprint density at radius 2 is 2.29 bits per heavy atom. The minimum Gasteiger partial charge on any atom is -0.397 e. The summed E-state index contributed by atoms with van der Waals surface area (Å²) in [4.78, 5) is 4.50. The summed E-state index contributed by atoms with van der Waals surface area (Å²) in [7, 11) is 1.90. The number of rotatable bonds is 1. The molecule has 1 aliphatic carbocycles. The third-order valence-corrected chi connectivity index (χ3v) is 2.63. The fraction of sp³-hybridized carbons (Fsp3) is 0.400. The third kappa shape index (κ3) is 1.07. The van der Waals surface area contributed by atoms with Gasteiger partial charge in [-0.2, -0.15) is 5.10 Å². The summed E-state index contributed by atoms with van der Waals surface area (Å²) in [6.45, 7) is 0. The fourth-order valence-electron chi connectivity index (χ4n) is 1.79. The Hall–Kier alpha value is -1.58. The minimum atomic E-state index is 0.585. The van der Waals surface area contributed by atoms with Gasteiger partial charge < -0.3 is 5.73 Å². The molecule has 0 spiro atoms. The zero-order chi connectivity index (χ0) is 9.71. The van der Waals surface area contributed by atoms with Crippen LogP contribution in [0, 0.1) is 0 Å². The van der Waals surface area contributed by atoms with E-state index in [4.69, 9.17) is 5.73 Å². The highest BCUT2D eigenvalue weighted by molar-refractivity contribution is 5.78. The molecular weight excluding hydrogens is 176 g/mol. The van der Waals surface area contributed by atoms with Crippen LogP contribution < -0.4 is 5.73 Å². The summed E-state index contributed by atoms with van der Waals surface area (Å²) >= 11 is 0. The maximum absolute atomic E-state index is 5.94. The van der Waals surface area contributed by atoms with Gasteiger partial charge in [0.2, 0.25) is 0 Å². The molecule has 0 aliphatic heterocycles. The molecular formula is C10H12N4. The van der Waals surface area contributed by atoms with Crippen molar-refractivity contribution < 1.29 is 0 Å². The number of nitrogens with two attached hydrogens (primary N) is 1. The van der Waals surface area contributed by atoms with E-state index >= 15 is 0 Å². The molecule has 72 valence electrons. The van der Waals surface area contributed by atoms with Crippen molar-refractivity contribution in [1.29, 1.82) is 0 Å². The van der Waals surface area contributed by atoms with Crippen molar-refractivity contribution in [3.05, 3.63) is 18.0 Å². The van der Waals surface area contributed by atoms with Crippen molar-refractivity contribution in [2.45, 2.75) is 18.8 Å². The molecule has 4 heteroatoms. The second-order valence-electron chi connectivity index (χ2n) is 3.95. The smallest absolute Gasteiger partial charge is 0.181 e. The number of fused-ring (bicyclic) bond motifs is 1. The van der Waals surface area contributed by atoms with E-state index in [0.717, 1.165) is 22.4 Å². The van der Waals surface area contributed by atoms with Gasteiger partial charge in [-0.1, -0.05) is 0 Å². The summed E-state index contributed by atoms with van der Waals surface area (Å²) in [5.41, 5.74) is 8.60. The third-order valence-electron chi connectivity index (χ3n) is 2.63. The van der Waals surface area contributed by atoms with Crippen molar-refractivity contribution >= 4 is 16.7 Å². The van der Waals surface area contributed by atoms with Crippen LogP contribution >= 0.6 is 0 Å². The minimum absolute atomic E-state index is 0.585. The Morgan fingerprint density at radius 1 is 1.50 bits per heavy atom. The van der Waals surface area contributed by atoms with Gasteiger partial charge in [-0.3, -0.25) is 4.68 Å². The largest absolute Gasteiger partial charge is 0.397 e. The summed E-state index contributed by atoms with van der Waals surface area (Å²) in [6.07, 6.45) is 4.38. The predicted octanol–water partition coefficient (Wildman–Crippen LogP) is 1.43. The van der Waals surface area contributed by atoms with Crippen LogP contribution in [0.2, 0.25) is 0 Å². The molecule has 1 aliphatic rings. The zero-order valence-corrected chi connectivity index (χ0v) is 8.07. The molecule has 0 radical (unpaired) electrons. The number of nitrogen functional groups attached to an aromatic ring is 1. The Bertz CT molecular complexity index is 496. The van der Waals surface area contributed by atoms with Crippen molar-refractivity contribution in [1.82, 2.24) is 14.8 Å². The molecule has 2 aromatic rings. The molecule has 0 atom stereocenters. The van der Waals surface area contributed by atoms with Gasteiger partial charge >= 0.3 is 0 Å². The summed E-state index contributed by atoms with van der Waals surface area (Å²) in [5, 5.41) is 5.30. The van der Waals surface area contributed by atoms with E-state index in [1.807, 2.05) is 19.3 Å². The SMILES string of the molecule is Cn1cc2cc(N)c(C3CC3)nc2n1. The highest BCUT2D eigenvalue weighted by atomic mass is 15.3. The van der Waals surface area contributed by atoms with Crippen LogP contribution in [0.15, 0.2) is 12.3 Å². The quantitative estimate of drug-likeness (QED) is 0.736. The van der Waals surface area contributed by atoms with E-state index < -0.39 is 0 Å². The number of pyridine rings is 1. The molecule has 0 saturated heterocycles. The summed E-state index contributed by atoms with van der Waals surface area (Å²) in [6, 6.07) is 1.98. The first kappa shape index (κ1) is 7.79. The van der Waals surface area contributed by atoms with Crippen LogP contribution in [-0.4, -0.2) is 14.8 Å². The summed E-state index contributed by atoms with van der Waals surface area (Å²) < 4.78 is 1.77. The number of hydrogen-bond donors (Lipinski definition) is 1. The van der Waals surface area contributed by atoms with E-state index in [9.17, 15) is 0 Å². The first-order chi connectivity index (χ1) is 6.74. The highest BCUT2D eigenvalue weighted by Crippen LogP contribution is 2.42. The number of anilines is 1. The number of aromatic nitrogens is 3. The lowest BCUT2D eigenvalue weighted by Crippen LogP contribution is -1.96. The average Bonchev–Trinajstić information content (AvgIpc) is 2.88. The normalized spacial score (nSPS) is 16.4. The topological polar surface area (TPSA) is 56.7 Å². The second-order valence-corrected chi connectivity index (χ2v) is 3.95. The van der Waals surface area contributed by atoms with Crippen LogP contribution in [0.4, 0.5) is 5.69 Å². The monoisotopic (exact) mass is 188 g/mol. The van der Waals surface area contributed by atoms with Crippen molar-refractivity contribution in [3.63, 3.8) is 0 Å². The predicted molar refractivity (Wildman–Crippen MR) is 54.9 cm³/mol. The van der Waals surface area contributed by atoms with Gasteiger partial charge in [0.05, 0.1) is 11.4 Å². The molecule has 2 aromatic heterocycles. The lowest BCUT2D eigenvalue weighted by molar-refractivity contribution is 0.774. The van der Waals surface area contributed by atoms with E-state index in [2.05, 4.69) is 10.1 Å². The Balaban J connectivity index is 2.25. The highest BCUT2D eigenvalue weighted by Gasteiger charge is 2.27. The van der Waals surface area contributed by atoms with Crippen LogP contribution in [0.25, 0.3) is 11.0 Å². The van der Waals surface area contributed by atoms with Crippen LogP contribution in [0.3, 0.4) is 0 Å². The standard InChI is InChI=1S/C10H12N4/c1-14-5-7-4-8(11)9(6-2-3-6)12-10(7)13-14/h4-6H,2-3,11H2,1H3. The van der Waals surface area contributed by atoms with Gasteiger partial charge in [-0.25, -0.2) is 4.98 Å². The molecule has 1 fully saturated rings. The fourth-order valence-corrected chi connectivity index (χ4v) is 1.79. The van der Waals surface area contributed by atoms with E-state index in [0.29, 0.717) is 5.92 Å². The first-order valence-corrected chi connectivity index (χ1v) is 4.84. The molecule has 0 bridgehead atoms. The molecule has 2 heterocycles. The molecule has 1 saturated carbocycles. The number of aryl methyl sites for hydroxylation is 1. The molecule has 0 aromatic carbocycles. The first-order valence-electron chi connectivity index (χ1n) is 4.84. The van der Waals surface area contributed by atoms with Crippen molar-refractivity contribution in [3.8, 4) is 0 Å². The van der Waals surface area contributed by atoms with Crippen LogP contribution in [0.1, 0.15) is 24.5 Å². The number of nitrogens with zero attached hydrogens (tertiary/aromatic N) is 3. The van der Waals surface area contributed by atoms with Gasteiger partial charge in [0.25, 0.3) is 0 Å². The molecule has 4 nitrogen and oxygen atoms in total. The Morgan fingerprint density at radius 3 is 3.00 bits per heavy atom. The zero-order valence-electron chi connectivity index (χ0n) is 8.07. The van der Waals surface area contributed by atoms with Crippen molar-refractivity contribution in [2.75, 3.05) is 5.73 Å². The van der Waals surface area contributed by atoms with Gasteiger partial charge in [-0.05, 0) is 18.9 Å². The second kappa shape index (κ2) is 2.47. The molecule has 2 N–H and O–H groups in total. The molecule has 14 heavy (non-hydrogen) atoms. The molecule has 0 amide bonds. The molecule has 3 rings (SSSR count). The van der Waals surface area contributed by atoms with Gasteiger partial charge in [0.1, 0.15) is 0 Å². The van der Waals surface area contributed by atoms with Crippen LogP contribution in [-0.2, 0) is 7.05 Å². The Labute approximate surface area is 81.7 Å². The lowest BCUT2D eigenvalue weighted by atomic mass is 10.2. The average molecular weight is 188 g/mol. The van der Waals surface area contributed by atoms with E-state index in [-0.39, 0.29) is 0 Å². The molecule has 0 unspecified atom stereocenters. The van der Waals surface area contributed by atoms with Gasteiger partial charge in [0, 0.05) is 24.5 Å². The van der Waals surface area contributed by atoms with E-state index in [1.165, 1.54) is 12.8 Å². The van der Waals surface area contributed by atoms with Gasteiger partial charge in [0.15, 0.2) is 5.65 Å². The van der Waals surface area contributed by atoms with Gasteiger partial charge in [-0.15, -0.1) is 0 Å². The summed E-state index contributed by atoms with van der Waals surface area (Å²) in [5.74, 6) is 0.585. The van der Waals surface area contributed by atoms with E-state index in [1.54, 1.807) is 4.68 Å². The lowest BCUT2D eigenvalue weighted by Gasteiger charge is -2.01. The maximum atomic E-state index is 5.94. The Kier molecular flexibility index (Phi) is 1.37.